The number of ether oxygens (including phenoxy) is 1. The van der Waals surface area contributed by atoms with Crippen molar-refractivity contribution in [2.45, 2.75) is 51.0 Å². The smallest absolute Gasteiger partial charge is 0.323 e. The van der Waals surface area contributed by atoms with E-state index in [0.717, 1.165) is 51.7 Å². The molecule has 4 nitrogen and oxygen atoms in total. The average molecular weight is 229 g/mol. The third-order valence-electron chi connectivity index (χ3n) is 3.25. The maximum absolute atomic E-state index is 11.3. The molecule has 0 bridgehead atoms. The van der Waals surface area contributed by atoms with Gasteiger partial charge in [0.1, 0.15) is 5.54 Å². The van der Waals surface area contributed by atoms with Crippen LogP contribution in [0.4, 0.5) is 0 Å². The SMILES string of the molecule is CCOCCCNC1(C(=O)O)CCCCC1. The van der Waals surface area contributed by atoms with Crippen LogP contribution in [-0.2, 0) is 9.53 Å². The van der Waals surface area contributed by atoms with Gasteiger partial charge in [0.05, 0.1) is 0 Å². The van der Waals surface area contributed by atoms with E-state index in [1.807, 2.05) is 6.92 Å². The van der Waals surface area contributed by atoms with E-state index in [2.05, 4.69) is 5.32 Å². The maximum atomic E-state index is 11.3. The first-order valence-corrected chi connectivity index (χ1v) is 6.27. The number of aliphatic carboxylic acids is 1. The molecule has 2 N–H and O–H groups in total. The molecule has 0 unspecified atom stereocenters. The average Bonchev–Trinajstić information content (AvgIpc) is 2.30. The molecular formula is C12H23NO3. The molecule has 0 heterocycles. The highest BCUT2D eigenvalue weighted by Gasteiger charge is 2.38. The van der Waals surface area contributed by atoms with Gasteiger partial charge in [-0.1, -0.05) is 19.3 Å². The van der Waals surface area contributed by atoms with Crippen LogP contribution in [0.5, 0.6) is 0 Å². The van der Waals surface area contributed by atoms with Crippen molar-refractivity contribution in [3.05, 3.63) is 0 Å². The van der Waals surface area contributed by atoms with Gasteiger partial charge in [0, 0.05) is 13.2 Å². The Kier molecular flexibility index (Phi) is 5.77. The molecule has 1 saturated carbocycles. The summed E-state index contributed by atoms with van der Waals surface area (Å²) >= 11 is 0. The summed E-state index contributed by atoms with van der Waals surface area (Å²) in [6.45, 7) is 4.13. The summed E-state index contributed by atoms with van der Waals surface area (Å²) in [5, 5.41) is 12.5. The molecule has 0 radical (unpaired) electrons. The van der Waals surface area contributed by atoms with Crippen LogP contribution >= 0.6 is 0 Å². The molecule has 1 aliphatic carbocycles. The molecular weight excluding hydrogens is 206 g/mol. The first kappa shape index (κ1) is 13.5. The minimum atomic E-state index is -0.691. The van der Waals surface area contributed by atoms with Gasteiger partial charge in [-0.15, -0.1) is 0 Å². The van der Waals surface area contributed by atoms with E-state index in [-0.39, 0.29) is 0 Å². The predicted molar refractivity (Wildman–Crippen MR) is 62.6 cm³/mol. The largest absolute Gasteiger partial charge is 0.480 e. The molecule has 4 heteroatoms. The van der Waals surface area contributed by atoms with E-state index in [9.17, 15) is 9.90 Å². The first-order chi connectivity index (χ1) is 7.71. The number of nitrogens with one attached hydrogen (secondary N) is 1. The molecule has 0 amide bonds. The fourth-order valence-corrected chi connectivity index (χ4v) is 2.27. The molecule has 94 valence electrons. The second-order valence-corrected chi connectivity index (χ2v) is 4.43. The van der Waals surface area contributed by atoms with Gasteiger partial charge in [-0.2, -0.15) is 0 Å². The quantitative estimate of drug-likeness (QED) is 0.653. The topological polar surface area (TPSA) is 58.6 Å². The lowest BCUT2D eigenvalue weighted by molar-refractivity contribution is -0.146. The Balaban J connectivity index is 2.30. The Morgan fingerprint density at radius 3 is 2.62 bits per heavy atom. The number of hydrogen-bond donors (Lipinski definition) is 2. The summed E-state index contributed by atoms with van der Waals surface area (Å²) in [5.41, 5.74) is -0.662. The molecule has 0 aliphatic heterocycles. The van der Waals surface area contributed by atoms with E-state index < -0.39 is 11.5 Å². The van der Waals surface area contributed by atoms with E-state index in [1.165, 1.54) is 0 Å². The minimum Gasteiger partial charge on any atom is -0.480 e. The van der Waals surface area contributed by atoms with E-state index in [0.29, 0.717) is 6.61 Å². The second kappa shape index (κ2) is 6.86. The summed E-state index contributed by atoms with van der Waals surface area (Å²) in [6, 6.07) is 0. The molecule has 1 fully saturated rings. The number of carboxylic acid groups (broad SMARTS) is 1. The Hall–Kier alpha value is -0.610. The zero-order chi connectivity index (χ0) is 11.9. The van der Waals surface area contributed by atoms with Gasteiger partial charge in [0.25, 0.3) is 0 Å². The zero-order valence-corrected chi connectivity index (χ0v) is 10.1. The molecule has 1 aliphatic rings. The van der Waals surface area contributed by atoms with Crippen molar-refractivity contribution < 1.29 is 14.6 Å². The number of hydrogen-bond acceptors (Lipinski definition) is 3. The van der Waals surface area contributed by atoms with Crippen LogP contribution in [-0.4, -0.2) is 36.4 Å². The van der Waals surface area contributed by atoms with Crippen molar-refractivity contribution in [2.75, 3.05) is 19.8 Å². The van der Waals surface area contributed by atoms with Gasteiger partial charge >= 0.3 is 5.97 Å². The van der Waals surface area contributed by atoms with Gasteiger partial charge in [0.15, 0.2) is 0 Å². The molecule has 0 aromatic carbocycles. The Labute approximate surface area is 97.4 Å². The Morgan fingerprint density at radius 2 is 2.06 bits per heavy atom. The normalized spacial score (nSPS) is 19.6. The van der Waals surface area contributed by atoms with E-state index >= 15 is 0 Å². The first-order valence-electron chi connectivity index (χ1n) is 6.27. The number of carbonyl (C=O) groups is 1. The minimum absolute atomic E-state index is 0.662. The standard InChI is InChI=1S/C12H23NO3/c1-2-16-10-6-9-13-12(11(14)15)7-4-3-5-8-12/h13H,2-10H2,1H3,(H,14,15). The third kappa shape index (κ3) is 3.76. The molecule has 1 rings (SSSR count). The summed E-state index contributed by atoms with van der Waals surface area (Å²) < 4.78 is 5.23. The number of rotatable bonds is 7. The van der Waals surface area contributed by atoms with Crippen LogP contribution in [0.25, 0.3) is 0 Å². The van der Waals surface area contributed by atoms with Crippen LogP contribution in [0.1, 0.15) is 45.4 Å². The van der Waals surface area contributed by atoms with Gasteiger partial charge < -0.3 is 15.2 Å². The summed E-state index contributed by atoms with van der Waals surface area (Å²) in [5.74, 6) is -0.691. The highest BCUT2D eigenvalue weighted by molar-refractivity contribution is 5.78. The molecule has 16 heavy (non-hydrogen) atoms. The fourth-order valence-electron chi connectivity index (χ4n) is 2.27. The lowest BCUT2D eigenvalue weighted by Crippen LogP contribution is -2.53. The van der Waals surface area contributed by atoms with Gasteiger partial charge in [-0.25, -0.2) is 0 Å². The molecule has 0 atom stereocenters. The second-order valence-electron chi connectivity index (χ2n) is 4.43. The van der Waals surface area contributed by atoms with Gasteiger partial charge in [-0.3, -0.25) is 4.79 Å². The van der Waals surface area contributed by atoms with Crippen molar-refractivity contribution in [3.63, 3.8) is 0 Å². The summed E-state index contributed by atoms with van der Waals surface area (Å²) in [6.07, 6.45) is 5.60. The Bertz CT molecular complexity index is 212. The predicted octanol–water partition coefficient (Wildman–Crippen LogP) is 1.79. The highest BCUT2D eigenvalue weighted by Crippen LogP contribution is 2.28. The van der Waals surface area contributed by atoms with Gasteiger partial charge in [0.2, 0.25) is 0 Å². The maximum Gasteiger partial charge on any atom is 0.323 e. The van der Waals surface area contributed by atoms with Crippen molar-refractivity contribution in [1.29, 1.82) is 0 Å². The van der Waals surface area contributed by atoms with Crippen molar-refractivity contribution in [2.24, 2.45) is 0 Å². The monoisotopic (exact) mass is 229 g/mol. The summed E-state index contributed by atoms with van der Waals surface area (Å²) in [7, 11) is 0. The van der Waals surface area contributed by atoms with Crippen LogP contribution in [0, 0.1) is 0 Å². The van der Waals surface area contributed by atoms with Gasteiger partial charge in [-0.05, 0) is 32.7 Å². The Morgan fingerprint density at radius 1 is 1.38 bits per heavy atom. The highest BCUT2D eigenvalue weighted by atomic mass is 16.5. The van der Waals surface area contributed by atoms with Crippen LogP contribution < -0.4 is 5.32 Å². The lowest BCUT2D eigenvalue weighted by atomic mass is 9.81. The van der Waals surface area contributed by atoms with E-state index in [1.54, 1.807) is 0 Å². The van der Waals surface area contributed by atoms with Crippen molar-refractivity contribution in [3.8, 4) is 0 Å². The number of carboxylic acids is 1. The molecule has 0 spiro atoms. The van der Waals surface area contributed by atoms with Crippen molar-refractivity contribution in [1.82, 2.24) is 5.32 Å². The fraction of sp³-hybridized carbons (Fsp3) is 0.917. The van der Waals surface area contributed by atoms with Crippen molar-refractivity contribution >= 4 is 5.97 Å². The zero-order valence-electron chi connectivity index (χ0n) is 10.1. The van der Waals surface area contributed by atoms with Crippen LogP contribution in [0.3, 0.4) is 0 Å². The van der Waals surface area contributed by atoms with Crippen LogP contribution in [0.15, 0.2) is 0 Å². The molecule has 0 aromatic heterocycles. The summed E-state index contributed by atoms with van der Waals surface area (Å²) in [4.78, 5) is 11.3. The van der Waals surface area contributed by atoms with Crippen LogP contribution in [0.2, 0.25) is 0 Å². The van der Waals surface area contributed by atoms with E-state index in [4.69, 9.17) is 4.74 Å². The molecule has 0 aromatic rings. The third-order valence-corrected chi connectivity index (χ3v) is 3.25. The lowest BCUT2D eigenvalue weighted by Gasteiger charge is -2.34. The molecule has 0 saturated heterocycles.